The molecule has 1 aliphatic rings. The summed E-state index contributed by atoms with van der Waals surface area (Å²) in [5, 5.41) is 15.4. The van der Waals surface area contributed by atoms with Crippen LogP contribution in [0.2, 0.25) is 0 Å². The maximum absolute atomic E-state index is 10.7. The van der Waals surface area contributed by atoms with Crippen molar-refractivity contribution in [2.75, 3.05) is 18.0 Å². The van der Waals surface area contributed by atoms with Crippen LogP contribution in [0.4, 0.5) is 5.82 Å². The predicted molar refractivity (Wildman–Crippen MR) is 108 cm³/mol. The van der Waals surface area contributed by atoms with E-state index in [2.05, 4.69) is 35.0 Å². The Balaban J connectivity index is 1.48. The molecule has 4 rings (SSSR count). The van der Waals surface area contributed by atoms with E-state index < -0.39 is 0 Å². The van der Waals surface area contributed by atoms with E-state index in [1.54, 1.807) is 0 Å². The molecule has 142 valence electrons. The average Bonchev–Trinajstić information content (AvgIpc) is 2.96. The van der Waals surface area contributed by atoms with Gasteiger partial charge in [0.1, 0.15) is 5.82 Å². The molecule has 1 saturated heterocycles. The minimum absolute atomic E-state index is 0.275. The van der Waals surface area contributed by atoms with Crippen molar-refractivity contribution < 1.29 is 5.11 Å². The summed E-state index contributed by atoms with van der Waals surface area (Å²) in [4.78, 5) is 7.06. The van der Waals surface area contributed by atoms with Crippen LogP contribution < -0.4 is 4.90 Å². The third-order valence-corrected chi connectivity index (χ3v) is 5.86. The molecule has 1 N–H and O–H groups in total. The Hall–Kier alpha value is -2.40. The first kappa shape index (κ1) is 18.0. The second kappa shape index (κ2) is 7.31. The monoisotopic (exact) mass is 364 g/mol. The summed E-state index contributed by atoms with van der Waals surface area (Å²) in [7, 11) is 0. The molecule has 1 aliphatic heterocycles. The number of aliphatic hydroxyl groups excluding tert-OH is 1. The maximum Gasteiger partial charge on any atom is 0.160 e. The molecule has 1 unspecified atom stereocenters. The second-order valence-corrected chi connectivity index (χ2v) is 7.78. The molecule has 0 spiro atoms. The Morgan fingerprint density at radius 3 is 2.52 bits per heavy atom. The Kier molecular flexibility index (Phi) is 4.87. The number of rotatable bonds is 4. The van der Waals surface area contributed by atoms with Crippen LogP contribution in [0.25, 0.3) is 5.65 Å². The van der Waals surface area contributed by atoms with E-state index in [1.807, 2.05) is 36.6 Å². The second-order valence-electron chi connectivity index (χ2n) is 7.78. The van der Waals surface area contributed by atoms with Gasteiger partial charge >= 0.3 is 0 Å². The number of anilines is 1. The van der Waals surface area contributed by atoms with Crippen molar-refractivity contribution in [3.05, 3.63) is 58.9 Å². The predicted octanol–water partition coefficient (Wildman–Crippen LogP) is 3.47. The van der Waals surface area contributed by atoms with Gasteiger partial charge in [0.15, 0.2) is 5.65 Å². The number of fused-ring (bicyclic) bond motifs is 1. The molecule has 0 radical (unpaired) electrons. The highest BCUT2D eigenvalue weighted by molar-refractivity contribution is 5.57. The van der Waals surface area contributed by atoms with Crippen LogP contribution in [-0.4, -0.2) is 38.9 Å². The number of aryl methyl sites for hydroxylation is 3. The highest BCUT2D eigenvalue weighted by atomic mass is 16.3. The van der Waals surface area contributed by atoms with Crippen molar-refractivity contribution in [3.8, 4) is 0 Å². The lowest BCUT2D eigenvalue weighted by molar-refractivity contribution is 0.0928. The first-order chi connectivity index (χ1) is 13.0. The number of nitrogens with zero attached hydrogens (tertiary/aromatic N) is 4. The van der Waals surface area contributed by atoms with Gasteiger partial charge in [-0.1, -0.05) is 30.3 Å². The van der Waals surface area contributed by atoms with Crippen LogP contribution >= 0.6 is 0 Å². The molecule has 0 bridgehead atoms. The van der Waals surface area contributed by atoms with Crippen LogP contribution in [0, 0.1) is 26.7 Å². The average molecular weight is 364 g/mol. The zero-order chi connectivity index (χ0) is 19.0. The first-order valence-corrected chi connectivity index (χ1v) is 9.83. The SMILES string of the molecule is Cc1cc(N2CCC(C(O)Cc3ccccc3)CC2)n2nc(C)c(C)c2n1. The van der Waals surface area contributed by atoms with E-state index in [4.69, 9.17) is 5.10 Å². The number of piperidine rings is 1. The summed E-state index contributed by atoms with van der Waals surface area (Å²) >= 11 is 0. The molecule has 0 saturated carbocycles. The lowest BCUT2D eigenvalue weighted by Crippen LogP contribution is -2.39. The molecule has 2 aromatic heterocycles. The molecule has 3 heterocycles. The Labute approximate surface area is 160 Å². The number of aromatic nitrogens is 3. The van der Waals surface area contributed by atoms with Crippen molar-refractivity contribution in [3.63, 3.8) is 0 Å². The van der Waals surface area contributed by atoms with Gasteiger partial charge in [0.05, 0.1) is 11.8 Å². The molecule has 5 nitrogen and oxygen atoms in total. The standard InChI is InChI=1S/C22H28N4O/c1-15-13-21(26-22(23-15)16(2)17(3)24-26)25-11-9-19(10-12-25)20(27)14-18-7-5-4-6-8-18/h4-8,13,19-20,27H,9-12,14H2,1-3H3. The molecular weight excluding hydrogens is 336 g/mol. The van der Waals surface area contributed by atoms with E-state index in [0.29, 0.717) is 5.92 Å². The summed E-state index contributed by atoms with van der Waals surface area (Å²) < 4.78 is 1.98. The molecule has 1 aromatic carbocycles. The van der Waals surface area contributed by atoms with Gasteiger partial charge in [0.25, 0.3) is 0 Å². The number of hydrogen-bond acceptors (Lipinski definition) is 4. The fraction of sp³-hybridized carbons (Fsp3) is 0.455. The fourth-order valence-electron chi connectivity index (χ4n) is 4.09. The van der Waals surface area contributed by atoms with Crippen molar-refractivity contribution >= 4 is 11.5 Å². The van der Waals surface area contributed by atoms with Crippen molar-refractivity contribution in [2.45, 2.75) is 46.1 Å². The van der Waals surface area contributed by atoms with Crippen molar-refractivity contribution in [1.29, 1.82) is 0 Å². The molecule has 3 aromatic rings. The van der Waals surface area contributed by atoms with E-state index in [-0.39, 0.29) is 6.10 Å². The van der Waals surface area contributed by atoms with Gasteiger partial charge in [-0.15, -0.1) is 0 Å². The van der Waals surface area contributed by atoms with E-state index in [9.17, 15) is 5.11 Å². The van der Waals surface area contributed by atoms with Gasteiger partial charge in [-0.2, -0.15) is 9.61 Å². The molecule has 0 amide bonds. The van der Waals surface area contributed by atoms with E-state index in [1.165, 1.54) is 5.56 Å². The Morgan fingerprint density at radius 1 is 1.11 bits per heavy atom. The van der Waals surface area contributed by atoms with E-state index in [0.717, 1.165) is 60.8 Å². The quantitative estimate of drug-likeness (QED) is 0.770. The van der Waals surface area contributed by atoms with Gasteiger partial charge in [-0.25, -0.2) is 4.98 Å². The zero-order valence-electron chi connectivity index (χ0n) is 16.4. The van der Waals surface area contributed by atoms with Crippen molar-refractivity contribution in [2.24, 2.45) is 5.92 Å². The summed E-state index contributed by atoms with van der Waals surface area (Å²) in [5.41, 5.74) is 5.36. The van der Waals surface area contributed by atoms with Gasteiger partial charge in [-0.05, 0) is 51.5 Å². The highest BCUT2D eigenvalue weighted by Crippen LogP contribution is 2.28. The zero-order valence-corrected chi connectivity index (χ0v) is 16.4. The third-order valence-electron chi connectivity index (χ3n) is 5.86. The van der Waals surface area contributed by atoms with Gasteiger partial charge in [0, 0.05) is 30.4 Å². The minimum Gasteiger partial charge on any atom is -0.392 e. The molecule has 1 atom stereocenters. The van der Waals surface area contributed by atoms with Crippen molar-refractivity contribution in [1.82, 2.24) is 14.6 Å². The Bertz CT molecular complexity index is 926. The largest absolute Gasteiger partial charge is 0.392 e. The lowest BCUT2D eigenvalue weighted by Gasteiger charge is -2.35. The topological polar surface area (TPSA) is 53.7 Å². The molecular formula is C22H28N4O. The molecule has 1 fully saturated rings. The maximum atomic E-state index is 10.7. The molecule has 27 heavy (non-hydrogen) atoms. The summed E-state index contributed by atoms with van der Waals surface area (Å²) in [6.45, 7) is 8.04. The lowest BCUT2D eigenvalue weighted by atomic mass is 9.88. The van der Waals surface area contributed by atoms with E-state index >= 15 is 0 Å². The summed E-state index contributed by atoms with van der Waals surface area (Å²) in [5.74, 6) is 1.46. The number of hydrogen-bond donors (Lipinski definition) is 1. The van der Waals surface area contributed by atoms with Crippen LogP contribution in [-0.2, 0) is 6.42 Å². The van der Waals surface area contributed by atoms with Crippen LogP contribution in [0.5, 0.6) is 0 Å². The Morgan fingerprint density at radius 2 is 1.81 bits per heavy atom. The van der Waals surface area contributed by atoms with Crippen LogP contribution in [0.3, 0.4) is 0 Å². The number of aliphatic hydroxyl groups is 1. The minimum atomic E-state index is -0.275. The van der Waals surface area contributed by atoms with Gasteiger partial charge in [-0.3, -0.25) is 0 Å². The third kappa shape index (κ3) is 3.56. The first-order valence-electron chi connectivity index (χ1n) is 9.83. The highest BCUT2D eigenvalue weighted by Gasteiger charge is 2.27. The summed E-state index contributed by atoms with van der Waals surface area (Å²) in [6.07, 6.45) is 2.45. The van der Waals surface area contributed by atoms with Gasteiger partial charge < -0.3 is 10.0 Å². The molecule has 0 aliphatic carbocycles. The fourth-order valence-corrected chi connectivity index (χ4v) is 4.09. The van der Waals surface area contributed by atoms with Gasteiger partial charge in [0.2, 0.25) is 0 Å². The molecule has 5 heteroatoms. The normalized spacial score (nSPS) is 16.8. The summed E-state index contributed by atoms with van der Waals surface area (Å²) in [6, 6.07) is 12.4. The smallest absolute Gasteiger partial charge is 0.160 e. The van der Waals surface area contributed by atoms with Crippen LogP contribution in [0.1, 0.15) is 35.4 Å². The number of benzene rings is 1. The van der Waals surface area contributed by atoms with Crippen LogP contribution in [0.15, 0.2) is 36.4 Å².